The summed E-state index contributed by atoms with van der Waals surface area (Å²) < 4.78 is 16.9. The lowest BCUT2D eigenvalue weighted by atomic mass is 9.94. The highest BCUT2D eigenvalue weighted by atomic mass is 16.5. The molecule has 35 heavy (non-hydrogen) atoms. The van der Waals surface area contributed by atoms with Crippen molar-refractivity contribution in [2.45, 2.75) is 25.8 Å². The minimum absolute atomic E-state index is 0.0687. The van der Waals surface area contributed by atoms with Gasteiger partial charge in [-0.3, -0.25) is 9.59 Å². The summed E-state index contributed by atoms with van der Waals surface area (Å²) in [6, 6.07) is 9.93. The van der Waals surface area contributed by atoms with Crippen molar-refractivity contribution in [2.24, 2.45) is 0 Å². The molecule has 1 amide bonds. The van der Waals surface area contributed by atoms with Crippen LogP contribution in [-0.4, -0.2) is 74.1 Å². The average molecular weight is 481 g/mol. The fourth-order valence-electron chi connectivity index (χ4n) is 4.44. The van der Waals surface area contributed by atoms with Crippen LogP contribution in [0, 0.1) is 0 Å². The Morgan fingerprint density at radius 2 is 1.97 bits per heavy atom. The van der Waals surface area contributed by atoms with E-state index in [2.05, 4.69) is 0 Å². The van der Waals surface area contributed by atoms with Crippen molar-refractivity contribution in [3.8, 4) is 17.2 Å². The Labute approximate surface area is 205 Å². The molecule has 8 heteroatoms. The molecule has 1 N–H and O–H groups in total. The van der Waals surface area contributed by atoms with Gasteiger partial charge in [0.25, 0.3) is 11.7 Å². The van der Waals surface area contributed by atoms with Crippen LogP contribution in [0.25, 0.3) is 5.76 Å². The molecule has 0 saturated carbocycles. The molecular weight excluding hydrogens is 448 g/mol. The number of amides is 1. The number of fused-ring (bicyclic) bond motifs is 1. The largest absolute Gasteiger partial charge is 0.507 e. The molecule has 2 aliphatic rings. The van der Waals surface area contributed by atoms with E-state index in [0.29, 0.717) is 48.9 Å². The Kier molecular flexibility index (Phi) is 7.31. The molecule has 1 saturated heterocycles. The fourth-order valence-corrected chi connectivity index (χ4v) is 4.44. The topological polar surface area (TPSA) is 88.5 Å². The summed E-state index contributed by atoms with van der Waals surface area (Å²) in [5, 5.41) is 11.4. The molecule has 0 spiro atoms. The maximum absolute atomic E-state index is 13.3. The van der Waals surface area contributed by atoms with Crippen LogP contribution < -0.4 is 14.2 Å². The number of carbonyl (C=O) groups excluding carboxylic acids is 2. The van der Waals surface area contributed by atoms with E-state index in [-0.39, 0.29) is 11.3 Å². The maximum atomic E-state index is 13.3. The number of nitrogens with zero attached hydrogens (tertiary/aromatic N) is 2. The summed E-state index contributed by atoms with van der Waals surface area (Å²) in [5.74, 6) is 0.343. The molecule has 2 heterocycles. The van der Waals surface area contributed by atoms with Crippen LogP contribution >= 0.6 is 0 Å². The minimum Gasteiger partial charge on any atom is -0.507 e. The summed E-state index contributed by atoms with van der Waals surface area (Å²) in [6.07, 6.45) is 1.55. The quantitative estimate of drug-likeness (QED) is 0.334. The van der Waals surface area contributed by atoms with Gasteiger partial charge in [0.1, 0.15) is 11.5 Å². The third-order valence-electron chi connectivity index (χ3n) is 6.26. The van der Waals surface area contributed by atoms with Crippen LogP contribution in [0.2, 0.25) is 0 Å². The van der Waals surface area contributed by atoms with E-state index in [0.717, 1.165) is 24.2 Å². The minimum atomic E-state index is -0.755. The van der Waals surface area contributed by atoms with Gasteiger partial charge in [0.05, 0.1) is 31.9 Å². The Balaban J connectivity index is 1.84. The summed E-state index contributed by atoms with van der Waals surface area (Å²) in [5.41, 5.74) is 2.19. The Hall–Kier alpha value is -3.52. The normalized spacial score (nSPS) is 18.7. The van der Waals surface area contributed by atoms with Crippen LogP contribution in [0.4, 0.5) is 0 Å². The van der Waals surface area contributed by atoms with Crippen molar-refractivity contribution in [2.75, 3.05) is 47.5 Å². The molecule has 1 unspecified atom stereocenters. The lowest BCUT2D eigenvalue weighted by molar-refractivity contribution is -0.140. The van der Waals surface area contributed by atoms with Gasteiger partial charge in [-0.05, 0) is 62.0 Å². The molecule has 0 radical (unpaired) electrons. The number of carbonyl (C=O) groups is 2. The highest BCUT2D eigenvalue weighted by molar-refractivity contribution is 6.46. The molecule has 0 bridgehead atoms. The molecule has 2 aliphatic heterocycles. The number of ketones is 1. The van der Waals surface area contributed by atoms with Crippen molar-refractivity contribution >= 4 is 17.4 Å². The lowest BCUT2D eigenvalue weighted by Gasteiger charge is -2.27. The van der Waals surface area contributed by atoms with Crippen molar-refractivity contribution in [3.63, 3.8) is 0 Å². The van der Waals surface area contributed by atoms with Crippen molar-refractivity contribution in [3.05, 3.63) is 58.7 Å². The number of likely N-dealkylation sites (N-methyl/N-ethyl adjacent to an activating group) is 1. The highest BCUT2D eigenvalue weighted by Gasteiger charge is 2.46. The van der Waals surface area contributed by atoms with Crippen LogP contribution in [0.15, 0.2) is 42.0 Å². The summed E-state index contributed by atoms with van der Waals surface area (Å²) in [6.45, 7) is 3.98. The van der Waals surface area contributed by atoms with Gasteiger partial charge in [0, 0.05) is 25.1 Å². The van der Waals surface area contributed by atoms with Crippen molar-refractivity contribution in [1.82, 2.24) is 9.80 Å². The number of hydrogen-bond acceptors (Lipinski definition) is 7. The Morgan fingerprint density at radius 3 is 2.69 bits per heavy atom. The first-order chi connectivity index (χ1) is 16.8. The standard InChI is InChI=1S/C27H32N2O6/c1-5-13-34-22-16-18(6-9-21(22)33-4)24-23(26(31)27(32)29(24)12-11-28(2)3)25(30)19-7-8-20-17(15-19)10-14-35-20/h6-9,15-16,24,30H,5,10-14H2,1-4H3/b25-23+. The van der Waals surface area contributed by atoms with Crippen LogP contribution in [0.3, 0.4) is 0 Å². The van der Waals surface area contributed by atoms with Crippen molar-refractivity contribution in [1.29, 1.82) is 0 Å². The van der Waals surface area contributed by atoms with Gasteiger partial charge >= 0.3 is 0 Å². The zero-order valence-electron chi connectivity index (χ0n) is 20.7. The second kappa shape index (κ2) is 10.4. The van der Waals surface area contributed by atoms with Gasteiger partial charge in [-0.2, -0.15) is 0 Å². The van der Waals surface area contributed by atoms with E-state index in [1.165, 1.54) is 4.90 Å². The summed E-state index contributed by atoms with van der Waals surface area (Å²) >= 11 is 0. The van der Waals surface area contributed by atoms with Gasteiger partial charge in [0.15, 0.2) is 11.5 Å². The summed E-state index contributed by atoms with van der Waals surface area (Å²) in [4.78, 5) is 29.9. The molecular formula is C27H32N2O6. The molecule has 186 valence electrons. The Bertz CT molecular complexity index is 1160. The zero-order valence-corrected chi connectivity index (χ0v) is 20.7. The van der Waals surface area contributed by atoms with Crippen LogP contribution in [-0.2, 0) is 16.0 Å². The number of hydrogen-bond donors (Lipinski definition) is 1. The predicted octanol–water partition coefficient (Wildman–Crippen LogP) is 3.40. The zero-order chi connectivity index (χ0) is 25.1. The van der Waals surface area contributed by atoms with E-state index in [4.69, 9.17) is 14.2 Å². The number of methoxy groups -OCH3 is 1. The second-order valence-corrected chi connectivity index (χ2v) is 8.98. The summed E-state index contributed by atoms with van der Waals surface area (Å²) in [7, 11) is 5.37. The van der Waals surface area contributed by atoms with E-state index in [1.54, 1.807) is 37.4 Å². The van der Waals surface area contributed by atoms with Gasteiger partial charge in [0.2, 0.25) is 0 Å². The first kappa shape index (κ1) is 24.6. The Morgan fingerprint density at radius 1 is 1.17 bits per heavy atom. The lowest BCUT2D eigenvalue weighted by Crippen LogP contribution is -2.35. The van der Waals surface area contributed by atoms with Crippen molar-refractivity contribution < 1.29 is 28.9 Å². The fraction of sp³-hybridized carbons (Fsp3) is 0.407. The molecule has 0 aromatic heterocycles. The third kappa shape index (κ3) is 4.84. The number of aliphatic hydroxyl groups excluding tert-OH is 1. The molecule has 2 aromatic rings. The van der Waals surface area contributed by atoms with Crippen LogP contribution in [0.5, 0.6) is 17.2 Å². The number of benzene rings is 2. The first-order valence-electron chi connectivity index (χ1n) is 11.9. The van der Waals surface area contributed by atoms with E-state index in [9.17, 15) is 14.7 Å². The van der Waals surface area contributed by atoms with E-state index >= 15 is 0 Å². The molecule has 4 rings (SSSR count). The smallest absolute Gasteiger partial charge is 0.295 e. The van der Waals surface area contributed by atoms with E-state index in [1.807, 2.05) is 32.0 Å². The molecule has 1 atom stereocenters. The second-order valence-electron chi connectivity index (χ2n) is 8.98. The molecule has 0 aliphatic carbocycles. The van der Waals surface area contributed by atoms with E-state index < -0.39 is 17.7 Å². The van der Waals surface area contributed by atoms with Gasteiger partial charge in [-0.15, -0.1) is 0 Å². The van der Waals surface area contributed by atoms with Gasteiger partial charge in [-0.25, -0.2) is 0 Å². The van der Waals surface area contributed by atoms with Gasteiger partial charge in [-0.1, -0.05) is 13.0 Å². The number of aliphatic hydroxyl groups is 1. The van der Waals surface area contributed by atoms with Gasteiger partial charge < -0.3 is 29.1 Å². The number of ether oxygens (including phenoxy) is 3. The molecule has 8 nitrogen and oxygen atoms in total. The predicted molar refractivity (Wildman–Crippen MR) is 132 cm³/mol. The third-order valence-corrected chi connectivity index (χ3v) is 6.26. The average Bonchev–Trinajstić information content (AvgIpc) is 3.42. The molecule has 2 aromatic carbocycles. The van der Waals surface area contributed by atoms with Crippen LogP contribution in [0.1, 0.15) is 36.1 Å². The number of rotatable bonds is 9. The SMILES string of the molecule is CCCOc1cc(C2/C(=C(\O)c3ccc4c(c3)CCO4)C(=O)C(=O)N2CCN(C)C)ccc1OC. The number of Topliss-reactive ketones (excluding diaryl/α,β-unsaturated/α-hetero) is 1. The number of likely N-dealkylation sites (tertiary alicyclic amines) is 1. The molecule has 1 fully saturated rings. The first-order valence-corrected chi connectivity index (χ1v) is 11.9. The maximum Gasteiger partial charge on any atom is 0.295 e. The monoisotopic (exact) mass is 480 g/mol. The highest BCUT2D eigenvalue weighted by Crippen LogP contribution is 2.42.